The minimum absolute atomic E-state index is 0.0837. The van der Waals surface area contributed by atoms with E-state index in [0.717, 1.165) is 12.8 Å². The molecule has 1 saturated carbocycles. The van der Waals surface area contributed by atoms with Crippen molar-refractivity contribution in [2.24, 2.45) is 5.92 Å². The molecule has 1 aromatic rings. The molecule has 1 N–H and O–H groups in total. The van der Waals surface area contributed by atoms with Gasteiger partial charge in [0.1, 0.15) is 5.82 Å². The third-order valence-corrected chi connectivity index (χ3v) is 2.45. The van der Waals surface area contributed by atoms with Crippen molar-refractivity contribution < 1.29 is 9.66 Å². The molecular formula is C10H13N3O3. The van der Waals surface area contributed by atoms with E-state index in [9.17, 15) is 10.1 Å². The molecule has 1 aliphatic carbocycles. The molecule has 1 fully saturated rings. The van der Waals surface area contributed by atoms with Crippen molar-refractivity contribution in [2.45, 2.75) is 12.8 Å². The van der Waals surface area contributed by atoms with Crippen LogP contribution in [0.5, 0.6) is 5.88 Å². The normalized spacial score (nSPS) is 14.6. The van der Waals surface area contributed by atoms with Crippen molar-refractivity contribution in [1.29, 1.82) is 0 Å². The number of hydrogen-bond acceptors (Lipinski definition) is 5. The van der Waals surface area contributed by atoms with Crippen LogP contribution >= 0.6 is 0 Å². The van der Waals surface area contributed by atoms with Gasteiger partial charge in [-0.05, 0) is 24.8 Å². The van der Waals surface area contributed by atoms with Gasteiger partial charge in [-0.3, -0.25) is 10.1 Å². The van der Waals surface area contributed by atoms with Gasteiger partial charge in [0.25, 0.3) is 5.88 Å². The van der Waals surface area contributed by atoms with E-state index in [4.69, 9.17) is 4.74 Å². The Kier molecular flexibility index (Phi) is 2.89. The van der Waals surface area contributed by atoms with Crippen molar-refractivity contribution in [3.05, 3.63) is 22.2 Å². The van der Waals surface area contributed by atoms with Crippen LogP contribution in [0.15, 0.2) is 12.1 Å². The van der Waals surface area contributed by atoms with Gasteiger partial charge in [0, 0.05) is 13.1 Å². The number of anilines is 1. The van der Waals surface area contributed by atoms with Gasteiger partial charge in [-0.1, -0.05) is 0 Å². The Morgan fingerprint density at radius 1 is 1.62 bits per heavy atom. The third kappa shape index (κ3) is 2.39. The highest BCUT2D eigenvalue weighted by molar-refractivity contribution is 5.48. The number of pyridine rings is 1. The maximum absolute atomic E-state index is 10.7. The number of aromatic nitrogens is 1. The summed E-state index contributed by atoms with van der Waals surface area (Å²) in [6.07, 6.45) is 2.28. The van der Waals surface area contributed by atoms with Crippen LogP contribution in [-0.4, -0.2) is 23.6 Å². The predicted molar refractivity (Wildman–Crippen MR) is 58.7 cm³/mol. The van der Waals surface area contributed by atoms with Crippen molar-refractivity contribution in [3.8, 4) is 5.88 Å². The van der Waals surface area contributed by atoms with E-state index in [2.05, 4.69) is 10.3 Å². The largest absolute Gasteiger partial charge is 0.472 e. The van der Waals surface area contributed by atoms with Gasteiger partial charge >= 0.3 is 5.69 Å². The first-order chi connectivity index (χ1) is 7.70. The van der Waals surface area contributed by atoms with Crippen molar-refractivity contribution in [2.75, 3.05) is 19.0 Å². The number of nitrogens with one attached hydrogen (secondary N) is 1. The van der Waals surface area contributed by atoms with Gasteiger partial charge in [0.05, 0.1) is 11.5 Å². The average molecular weight is 223 g/mol. The molecule has 1 aliphatic rings. The summed E-state index contributed by atoms with van der Waals surface area (Å²) in [5.41, 5.74) is -0.0837. The highest BCUT2D eigenvalue weighted by Crippen LogP contribution is 2.32. The fourth-order valence-corrected chi connectivity index (χ4v) is 1.30. The first kappa shape index (κ1) is 10.7. The summed E-state index contributed by atoms with van der Waals surface area (Å²) in [6, 6.07) is 2.96. The Labute approximate surface area is 92.8 Å². The van der Waals surface area contributed by atoms with Crippen LogP contribution in [-0.2, 0) is 0 Å². The summed E-state index contributed by atoms with van der Waals surface area (Å²) in [6.45, 7) is 0.515. The average Bonchev–Trinajstić information content (AvgIpc) is 3.09. The number of nitrogens with zero attached hydrogens (tertiary/aromatic N) is 2. The molecule has 0 bridgehead atoms. The maximum atomic E-state index is 10.7. The van der Waals surface area contributed by atoms with Gasteiger partial charge in [0.15, 0.2) is 0 Å². The quantitative estimate of drug-likeness (QED) is 0.608. The first-order valence-electron chi connectivity index (χ1n) is 5.16. The molecule has 0 aromatic carbocycles. The molecule has 0 spiro atoms. The van der Waals surface area contributed by atoms with Crippen LogP contribution < -0.4 is 10.1 Å². The molecule has 0 saturated heterocycles. The smallest absolute Gasteiger partial charge is 0.331 e. The molecule has 2 rings (SSSR count). The Morgan fingerprint density at radius 2 is 2.38 bits per heavy atom. The van der Waals surface area contributed by atoms with E-state index in [-0.39, 0.29) is 11.6 Å². The van der Waals surface area contributed by atoms with E-state index >= 15 is 0 Å². The zero-order chi connectivity index (χ0) is 11.5. The van der Waals surface area contributed by atoms with E-state index in [1.165, 1.54) is 6.07 Å². The van der Waals surface area contributed by atoms with Crippen molar-refractivity contribution in [1.82, 2.24) is 4.98 Å². The van der Waals surface area contributed by atoms with Gasteiger partial charge in [-0.25, -0.2) is 0 Å². The summed E-state index contributed by atoms with van der Waals surface area (Å²) in [4.78, 5) is 14.3. The standard InChI is InChI=1S/C10H13N3O3/c1-11-9-5-4-8(13(14)15)10(12-9)16-6-7-2-3-7/h4-5,7H,2-3,6H2,1H3,(H,11,12). The monoisotopic (exact) mass is 223 g/mol. The Balaban J connectivity index is 2.18. The fourth-order valence-electron chi connectivity index (χ4n) is 1.30. The molecule has 0 amide bonds. The Morgan fingerprint density at radius 3 is 2.94 bits per heavy atom. The molecule has 86 valence electrons. The lowest BCUT2D eigenvalue weighted by molar-refractivity contribution is -0.386. The van der Waals surface area contributed by atoms with E-state index < -0.39 is 4.92 Å². The second-order valence-corrected chi connectivity index (χ2v) is 3.78. The summed E-state index contributed by atoms with van der Waals surface area (Å²) in [5, 5.41) is 13.6. The van der Waals surface area contributed by atoms with E-state index in [0.29, 0.717) is 18.3 Å². The number of hydrogen-bond donors (Lipinski definition) is 1. The molecule has 0 unspecified atom stereocenters. The van der Waals surface area contributed by atoms with Crippen LogP contribution in [0.2, 0.25) is 0 Å². The Bertz CT molecular complexity index is 404. The molecule has 6 heteroatoms. The van der Waals surface area contributed by atoms with Gasteiger partial charge < -0.3 is 10.1 Å². The van der Waals surface area contributed by atoms with Crippen LogP contribution in [0.4, 0.5) is 11.5 Å². The fraction of sp³-hybridized carbons (Fsp3) is 0.500. The van der Waals surface area contributed by atoms with Crippen LogP contribution in [0, 0.1) is 16.0 Å². The highest BCUT2D eigenvalue weighted by Gasteiger charge is 2.25. The molecule has 1 aromatic heterocycles. The van der Waals surface area contributed by atoms with Gasteiger partial charge in [-0.15, -0.1) is 0 Å². The van der Waals surface area contributed by atoms with Crippen LogP contribution in [0.3, 0.4) is 0 Å². The summed E-state index contributed by atoms with van der Waals surface area (Å²) in [7, 11) is 1.71. The minimum Gasteiger partial charge on any atom is -0.472 e. The second kappa shape index (κ2) is 4.34. The lowest BCUT2D eigenvalue weighted by atomic mass is 10.4. The number of rotatable bonds is 5. The lowest BCUT2D eigenvalue weighted by Gasteiger charge is -2.06. The van der Waals surface area contributed by atoms with Gasteiger partial charge in [-0.2, -0.15) is 4.98 Å². The van der Waals surface area contributed by atoms with Gasteiger partial charge in [0.2, 0.25) is 0 Å². The second-order valence-electron chi connectivity index (χ2n) is 3.78. The molecule has 0 aliphatic heterocycles. The molecular weight excluding hydrogens is 210 g/mol. The molecule has 1 heterocycles. The molecule has 0 atom stereocenters. The maximum Gasteiger partial charge on any atom is 0.331 e. The zero-order valence-corrected chi connectivity index (χ0v) is 8.97. The van der Waals surface area contributed by atoms with Crippen LogP contribution in [0.25, 0.3) is 0 Å². The molecule has 16 heavy (non-hydrogen) atoms. The van der Waals surface area contributed by atoms with Crippen molar-refractivity contribution >= 4 is 11.5 Å². The number of ether oxygens (including phenoxy) is 1. The number of nitro groups is 1. The van der Waals surface area contributed by atoms with Crippen molar-refractivity contribution in [3.63, 3.8) is 0 Å². The summed E-state index contributed by atoms with van der Waals surface area (Å²) < 4.78 is 5.37. The predicted octanol–water partition coefficient (Wildman–Crippen LogP) is 1.82. The summed E-state index contributed by atoms with van der Waals surface area (Å²) >= 11 is 0. The first-order valence-corrected chi connectivity index (χ1v) is 5.16. The van der Waals surface area contributed by atoms with Crippen LogP contribution in [0.1, 0.15) is 12.8 Å². The Hall–Kier alpha value is -1.85. The van der Waals surface area contributed by atoms with E-state index in [1.807, 2.05) is 0 Å². The highest BCUT2D eigenvalue weighted by atomic mass is 16.6. The lowest BCUT2D eigenvalue weighted by Crippen LogP contribution is -2.05. The molecule has 6 nitrogen and oxygen atoms in total. The molecule has 0 radical (unpaired) electrons. The third-order valence-electron chi connectivity index (χ3n) is 2.45. The zero-order valence-electron chi connectivity index (χ0n) is 8.97. The SMILES string of the molecule is CNc1ccc([N+](=O)[O-])c(OCC2CC2)n1. The topological polar surface area (TPSA) is 77.3 Å². The van der Waals surface area contributed by atoms with E-state index in [1.54, 1.807) is 13.1 Å². The minimum atomic E-state index is -0.478. The summed E-state index contributed by atoms with van der Waals surface area (Å²) in [5.74, 6) is 1.21.